The minimum Gasteiger partial charge on any atom is -0.354 e. The third-order valence-corrected chi connectivity index (χ3v) is 4.57. The van der Waals surface area contributed by atoms with E-state index in [1.807, 2.05) is 29.0 Å². The van der Waals surface area contributed by atoms with Crippen LogP contribution in [-0.4, -0.2) is 34.5 Å². The molecule has 1 aromatic carbocycles. The van der Waals surface area contributed by atoms with E-state index < -0.39 is 0 Å². The largest absolute Gasteiger partial charge is 0.354 e. The van der Waals surface area contributed by atoms with Gasteiger partial charge in [-0.05, 0) is 23.6 Å². The van der Waals surface area contributed by atoms with E-state index in [4.69, 9.17) is 0 Å². The minimum absolute atomic E-state index is 0.00988. The van der Waals surface area contributed by atoms with E-state index in [2.05, 4.69) is 30.2 Å². The van der Waals surface area contributed by atoms with Gasteiger partial charge >= 0.3 is 0 Å². The molecule has 1 atom stereocenters. The van der Waals surface area contributed by atoms with E-state index in [1.54, 1.807) is 17.4 Å². The Balaban J connectivity index is 1.58. The van der Waals surface area contributed by atoms with Crippen LogP contribution >= 0.6 is 0 Å². The third-order valence-electron chi connectivity index (χ3n) is 4.57. The van der Waals surface area contributed by atoms with Crippen molar-refractivity contribution in [3.8, 4) is 0 Å². The molecule has 132 valence electrons. The number of hydrogen-bond donors (Lipinski definition) is 1. The Kier molecular flexibility index (Phi) is 5.16. The predicted octanol–water partition coefficient (Wildman–Crippen LogP) is 2.18. The van der Waals surface area contributed by atoms with Gasteiger partial charge in [-0.25, -0.2) is 4.98 Å². The minimum atomic E-state index is -0.294. The van der Waals surface area contributed by atoms with Crippen LogP contribution in [0.3, 0.4) is 0 Å². The van der Waals surface area contributed by atoms with E-state index in [0.717, 1.165) is 5.69 Å². The molecule has 0 unspecified atom stereocenters. The highest BCUT2D eigenvalue weighted by atomic mass is 16.2. The smallest absolute Gasteiger partial charge is 0.227 e. The van der Waals surface area contributed by atoms with Gasteiger partial charge in [0.1, 0.15) is 0 Å². The SMILES string of the molecule is CC(C)c1cccc(N2C[C@@H](C(=O)NCCn3ccnc3)CC2=O)c1. The highest BCUT2D eigenvalue weighted by Crippen LogP contribution is 2.27. The molecule has 1 saturated heterocycles. The van der Waals surface area contributed by atoms with Gasteiger partial charge < -0.3 is 14.8 Å². The molecule has 0 bridgehead atoms. The number of carbonyl (C=O) groups is 2. The number of hydrogen-bond acceptors (Lipinski definition) is 3. The maximum atomic E-state index is 12.4. The number of carbonyl (C=O) groups excluding carboxylic acids is 2. The van der Waals surface area contributed by atoms with Gasteiger partial charge in [0.25, 0.3) is 0 Å². The van der Waals surface area contributed by atoms with Gasteiger partial charge in [0, 0.05) is 44.1 Å². The van der Waals surface area contributed by atoms with Crippen LogP contribution in [0.4, 0.5) is 5.69 Å². The van der Waals surface area contributed by atoms with E-state index >= 15 is 0 Å². The van der Waals surface area contributed by atoms with Crippen LogP contribution in [-0.2, 0) is 16.1 Å². The Hall–Kier alpha value is -2.63. The van der Waals surface area contributed by atoms with Crippen molar-refractivity contribution in [2.24, 2.45) is 5.92 Å². The van der Waals surface area contributed by atoms with Crippen molar-refractivity contribution in [3.05, 3.63) is 48.5 Å². The maximum absolute atomic E-state index is 12.4. The number of aromatic nitrogens is 2. The number of rotatable bonds is 6. The molecule has 6 nitrogen and oxygen atoms in total. The highest BCUT2D eigenvalue weighted by Gasteiger charge is 2.35. The molecule has 0 saturated carbocycles. The summed E-state index contributed by atoms with van der Waals surface area (Å²) in [6.45, 7) is 5.90. The van der Waals surface area contributed by atoms with Crippen molar-refractivity contribution in [2.75, 3.05) is 18.0 Å². The van der Waals surface area contributed by atoms with Crippen LogP contribution in [0, 0.1) is 5.92 Å². The maximum Gasteiger partial charge on any atom is 0.227 e. The molecule has 1 N–H and O–H groups in total. The number of nitrogens with zero attached hydrogens (tertiary/aromatic N) is 3. The van der Waals surface area contributed by atoms with Gasteiger partial charge in [-0.3, -0.25) is 9.59 Å². The van der Waals surface area contributed by atoms with Gasteiger partial charge in [0.15, 0.2) is 0 Å². The van der Waals surface area contributed by atoms with E-state index in [-0.39, 0.29) is 24.2 Å². The summed E-state index contributed by atoms with van der Waals surface area (Å²) in [4.78, 5) is 30.4. The molecule has 0 spiro atoms. The molecular weight excluding hydrogens is 316 g/mol. The second kappa shape index (κ2) is 7.51. The lowest BCUT2D eigenvalue weighted by atomic mass is 10.0. The van der Waals surface area contributed by atoms with E-state index in [1.165, 1.54) is 5.56 Å². The Bertz CT molecular complexity index is 740. The van der Waals surface area contributed by atoms with Crippen molar-refractivity contribution in [3.63, 3.8) is 0 Å². The first-order chi connectivity index (χ1) is 12.0. The van der Waals surface area contributed by atoms with Crippen LogP contribution in [0.1, 0.15) is 31.7 Å². The van der Waals surface area contributed by atoms with Gasteiger partial charge in [-0.15, -0.1) is 0 Å². The van der Waals surface area contributed by atoms with E-state index in [0.29, 0.717) is 25.6 Å². The standard InChI is InChI=1S/C19H24N4O2/c1-14(2)15-4-3-5-17(10-15)23-12-16(11-18(23)24)19(25)21-7-9-22-8-6-20-13-22/h3-6,8,10,13-14,16H,7,9,11-12H2,1-2H3,(H,21,25)/t16-/m0/s1. The molecule has 1 aromatic heterocycles. The summed E-state index contributed by atoms with van der Waals surface area (Å²) in [5, 5.41) is 2.92. The van der Waals surface area contributed by atoms with Crippen LogP contribution in [0.2, 0.25) is 0 Å². The fraction of sp³-hybridized carbons (Fsp3) is 0.421. The summed E-state index contributed by atoms with van der Waals surface area (Å²) in [6.07, 6.45) is 5.55. The molecule has 0 radical (unpaired) electrons. The van der Waals surface area contributed by atoms with Gasteiger partial charge in [0.05, 0.1) is 12.2 Å². The highest BCUT2D eigenvalue weighted by molar-refractivity contribution is 6.00. The van der Waals surface area contributed by atoms with Crippen LogP contribution in [0.5, 0.6) is 0 Å². The second-order valence-electron chi connectivity index (χ2n) is 6.75. The Morgan fingerprint density at radius 2 is 2.24 bits per heavy atom. The topological polar surface area (TPSA) is 67.2 Å². The number of nitrogens with one attached hydrogen (secondary N) is 1. The molecular formula is C19H24N4O2. The average molecular weight is 340 g/mol. The lowest BCUT2D eigenvalue weighted by Crippen LogP contribution is -2.34. The molecule has 2 aromatic rings. The normalized spacial score (nSPS) is 17.3. The molecule has 1 fully saturated rings. The van der Waals surface area contributed by atoms with Crippen molar-refractivity contribution >= 4 is 17.5 Å². The first kappa shape index (κ1) is 17.2. The summed E-state index contributed by atoms with van der Waals surface area (Å²) < 4.78 is 1.91. The van der Waals surface area contributed by atoms with Crippen molar-refractivity contribution < 1.29 is 9.59 Å². The van der Waals surface area contributed by atoms with Crippen molar-refractivity contribution in [2.45, 2.75) is 32.7 Å². The summed E-state index contributed by atoms with van der Waals surface area (Å²) in [5.74, 6) is 0.0598. The Morgan fingerprint density at radius 1 is 1.40 bits per heavy atom. The quantitative estimate of drug-likeness (QED) is 0.876. The molecule has 0 aliphatic carbocycles. The van der Waals surface area contributed by atoms with Crippen molar-refractivity contribution in [1.82, 2.24) is 14.9 Å². The monoisotopic (exact) mass is 340 g/mol. The lowest BCUT2D eigenvalue weighted by Gasteiger charge is -2.18. The first-order valence-corrected chi connectivity index (χ1v) is 8.68. The second-order valence-corrected chi connectivity index (χ2v) is 6.75. The number of benzene rings is 1. The van der Waals surface area contributed by atoms with Crippen LogP contribution in [0.15, 0.2) is 43.0 Å². The Morgan fingerprint density at radius 3 is 2.96 bits per heavy atom. The van der Waals surface area contributed by atoms with Crippen LogP contribution in [0.25, 0.3) is 0 Å². The molecule has 1 aliphatic rings. The zero-order valence-electron chi connectivity index (χ0n) is 14.7. The Labute approximate surface area is 147 Å². The zero-order chi connectivity index (χ0) is 17.8. The summed E-state index contributed by atoms with van der Waals surface area (Å²) >= 11 is 0. The molecule has 25 heavy (non-hydrogen) atoms. The number of anilines is 1. The molecule has 2 heterocycles. The van der Waals surface area contributed by atoms with E-state index in [9.17, 15) is 9.59 Å². The molecule has 6 heteroatoms. The average Bonchev–Trinajstić information content (AvgIpc) is 3.24. The summed E-state index contributed by atoms with van der Waals surface area (Å²) in [7, 11) is 0. The molecule has 2 amide bonds. The number of amides is 2. The molecule has 1 aliphatic heterocycles. The number of imidazole rings is 1. The van der Waals surface area contributed by atoms with Crippen molar-refractivity contribution in [1.29, 1.82) is 0 Å². The fourth-order valence-corrected chi connectivity index (χ4v) is 3.06. The first-order valence-electron chi connectivity index (χ1n) is 8.68. The third kappa shape index (κ3) is 4.07. The van der Waals surface area contributed by atoms with Gasteiger partial charge in [0.2, 0.25) is 11.8 Å². The molecule has 3 rings (SSSR count). The summed E-state index contributed by atoms with van der Waals surface area (Å²) in [6, 6.07) is 8.01. The van der Waals surface area contributed by atoms with Crippen LogP contribution < -0.4 is 10.2 Å². The fourth-order valence-electron chi connectivity index (χ4n) is 3.06. The van der Waals surface area contributed by atoms with Gasteiger partial charge in [-0.1, -0.05) is 26.0 Å². The zero-order valence-corrected chi connectivity index (χ0v) is 14.7. The summed E-state index contributed by atoms with van der Waals surface area (Å²) in [5.41, 5.74) is 2.07. The lowest BCUT2D eigenvalue weighted by molar-refractivity contribution is -0.126. The predicted molar refractivity (Wildman–Crippen MR) is 96.2 cm³/mol. The van der Waals surface area contributed by atoms with Gasteiger partial charge in [-0.2, -0.15) is 0 Å².